The van der Waals surface area contributed by atoms with Gasteiger partial charge < -0.3 is 20.3 Å². The largest absolute Gasteiger partial charge is 0.481 e. The Bertz CT molecular complexity index is 972. The van der Waals surface area contributed by atoms with Gasteiger partial charge in [-0.15, -0.1) is 0 Å². The van der Waals surface area contributed by atoms with Gasteiger partial charge in [-0.3, -0.25) is 4.79 Å². The molecule has 0 radical (unpaired) electrons. The molecule has 0 atom stereocenters. The molecule has 0 bridgehead atoms. The Labute approximate surface area is 165 Å². The van der Waals surface area contributed by atoms with E-state index in [2.05, 4.69) is 20.8 Å². The first-order valence-electron chi connectivity index (χ1n) is 8.48. The van der Waals surface area contributed by atoms with Crippen molar-refractivity contribution in [3.8, 4) is 11.4 Å². The summed E-state index contributed by atoms with van der Waals surface area (Å²) < 4.78 is 5.13. The molecular formula is C19H17ClN4O4. The first-order valence-corrected chi connectivity index (χ1v) is 8.86. The van der Waals surface area contributed by atoms with Gasteiger partial charge in [0, 0.05) is 24.1 Å². The van der Waals surface area contributed by atoms with E-state index in [0.29, 0.717) is 46.5 Å². The minimum atomic E-state index is -0.860. The lowest BCUT2D eigenvalue weighted by atomic mass is 10.2. The highest BCUT2D eigenvalue weighted by Gasteiger charge is 2.10. The van der Waals surface area contributed by atoms with Gasteiger partial charge in [0.25, 0.3) is 0 Å². The Morgan fingerprint density at radius 2 is 1.82 bits per heavy atom. The average Bonchev–Trinajstić information content (AvgIpc) is 3.13. The lowest BCUT2D eigenvalue weighted by Crippen LogP contribution is -2.19. The highest BCUT2D eigenvalue weighted by molar-refractivity contribution is 6.33. The quantitative estimate of drug-likeness (QED) is 0.539. The maximum atomic E-state index is 12.1. The van der Waals surface area contributed by atoms with E-state index in [-0.39, 0.29) is 6.42 Å². The van der Waals surface area contributed by atoms with Crippen molar-refractivity contribution in [1.82, 2.24) is 10.1 Å². The fourth-order valence-electron chi connectivity index (χ4n) is 2.41. The van der Waals surface area contributed by atoms with Crippen molar-refractivity contribution in [2.75, 3.05) is 10.6 Å². The molecule has 3 aromatic rings. The van der Waals surface area contributed by atoms with Gasteiger partial charge in [0.1, 0.15) is 0 Å². The van der Waals surface area contributed by atoms with Gasteiger partial charge in [0.05, 0.1) is 10.7 Å². The third kappa shape index (κ3) is 5.31. The summed E-state index contributed by atoms with van der Waals surface area (Å²) in [4.78, 5) is 26.9. The Hall–Kier alpha value is -3.39. The smallest absolute Gasteiger partial charge is 0.323 e. The van der Waals surface area contributed by atoms with Crippen LogP contribution in [0.15, 0.2) is 53.1 Å². The number of carbonyl (C=O) groups excluding carboxylic acids is 1. The molecule has 28 heavy (non-hydrogen) atoms. The summed E-state index contributed by atoms with van der Waals surface area (Å²) in [6.45, 7) is 0. The number of aryl methyl sites for hydroxylation is 1. The Morgan fingerprint density at radius 3 is 2.54 bits per heavy atom. The maximum absolute atomic E-state index is 12.1. The van der Waals surface area contributed by atoms with E-state index >= 15 is 0 Å². The summed E-state index contributed by atoms with van der Waals surface area (Å²) in [5.41, 5.74) is 1.81. The summed E-state index contributed by atoms with van der Waals surface area (Å²) in [6.07, 6.45) is 0.885. The molecule has 9 heteroatoms. The van der Waals surface area contributed by atoms with Crippen LogP contribution in [0.5, 0.6) is 0 Å². The van der Waals surface area contributed by atoms with Crippen LogP contribution < -0.4 is 10.6 Å². The van der Waals surface area contributed by atoms with Gasteiger partial charge in [-0.2, -0.15) is 4.98 Å². The molecule has 0 saturated heterocycles. The van der Waals surface area contributed by atoms with Crippen LogP contribution in [0.2, 0.25) is 5.02 Å². The molecule has 0 aliphatic heterocycles. The number of carboxylic acid groups (broad SMARTS) is 1. The summed E-state index contributed by atoms with van der Waals surface area (Å²) in [5, 5.41) is 18.4. The van der Waals surface area contributed by atoms with E-state index in [9.17, 15) is 9.59 Å². The summed E-state index contributed by atoms with van der Waals surface area (Å²) in [5.74, 6) is -0.0728. The molecule has 144 valence electrons. The van der Waals surface area contributed by atoms with Gasteiger partial charge in [0.2, 0.25) is 11.7 Å². The van der Waals surface area contributed by atoms with Crippen molar-refractivity contribution in [1.29, 1.82) is 0 Å². The third-order valence-corrected chi connectivity index (χ3v) is 4.10. The van der Waals surface area contributed by atoms with Crippen LogP contribution in [0, 0.1) is 0 Å². The number of benzene rings is 2. The first kappa shape index (κ1) is 19.4. The second-order valence-corrected chi connectivity index (χ2v) is 6.30. The molecular weight excluding hydrogens is 384 g/mol. The zero-order chi connectivity index (χ0) is 19.9. The van der Waals surface area contributed by atoms with Gasteiger partial charge in [-0.1, -0.05) is 28.9 Å². The number of nitrogens with one attached hydrogen (secondary N) is 2. The molecule has 1 heterocycles. The molecule has 2 amide bonds. The highest BCUT2D eigenvalue weighted by Crippen LogP contribution is 2.22. The van der Waals surface area contributed by atoms with E-state index in [1.54, 1.807) is 48.5 Å². The van der Waals surface area contributed by atoms with Crippen LogP contribution in [0.3, 0.4) is 0 Å². The summed E-state index contributed by atoms with van der Waals surface area (Å²) >= 11 is 6.01. The molecule has 0 aliphatic rings. The van der Waals surface area contributed by atoms with E-state index in [1.165, 1.54) is 0 Å². The predicted molar refractivity (Wildman–Crippen MR) is 104 cm³/mol. The minimum absolute atomic E-state index is 0.0499. The van der Waals surface area contributed by atoms with Crippen LogP contribution in [0.1, 0.15) is 18.7 Å². The highest BCUT2D eigenvalue weighted by atomic mass is 35.5. The van der Waals surface area contributed by atoms with Gasteiger partial charge in [-0.25, -0.2) is 4.79 Å². The molecule has 3 N–H and O–H groups in total. The Morgan fingerprint density at radius 1 is 1.07 bits per heavy atom. The zero-order valence-corrected chi connectivity index (χ0v) is 15.4. The molecule has 0 saturated carbocycles. The first-order chi connectivity index (χ1) is 13.5. The minimum Gasteiger partial charge on any atom is -0.481 e. The number of nitrogens with zero attached hydrogens (tertiary/aromatic N) is 2. The maximum Gasteiger partial charge on any atom is 0.323 e. The van der Waals surface area contributed by atoms with Crippen LogP contribution in [-0.4, -0.2) is 27.2 Å². The van der Waals surface area contributed by atoms with Gasteiger partial charge in [0.15, 0.2) is 0 Å². The topological polar surface area (TPSA) is 117 Å². The molecule has 0 spiro atoms. The number of para-hydroxylation sites is 1. The Balaban J connectivity index is 1.57. The summed E-state index contributed by atoms with van der Waals surface area (Å²) in [6, 6.07) is 13.4. The molecule has 2 aromatic carbocycles. The number of aliphatic carboxylic acids is 1. The lowest BCUT2D eigenvalue weighted by molar-refractivity contribution is -0.137. The number of rotatable bonds is 7. The van der Waals surface area contributed by atoms with Gasteiger partial charge >= 0.3 is 12.0 Å². The van der Waals surface area contributed by atoms with Gasteiger partial charge in [-0.05, 0) is 42.8 Å². The van der Waals surface area contributed by atoms with Crippen LogP contribution in [0.25, 0.3) is 11.4 Å². The molecule has 8 nitrogen and oxygen atoms in total. The number of amides is 2. The van der Waals surface area contributed by atoms with Crippen molar-refractivity contribution in [3.63, 3.8) is 0 Å². The number of hydrogen-bond acceptors (Lipinski definition) is 5. The van der Waals surface area contributed by atoms with Crippen molar-refractivity contribution in [2.24, 2.45) is 0 Å². The zero-order valence-electron chi connectivity index (χ0n) is 14.7. The number of carboxylic acids is 1. The van der Waals surface area contributed by atoms with Crippen LogP contribution >= 0.6 is 11.6 Å². The van der Waals surface area contributed by atoms with Crippen molar-refractivity contribution in [2.45, 2.75) is 19.3 Å². The number of urea groups is 1. The van der Waals surface area contributed by atoms with E-state index in [4.69, 9.17) is 21.2 Å². The van der Waals surface area contributed by atoms with Crippen LogP contribution in [-0.2, 0) is 11.2 Å². The van der Waals surface area contributed by atoms with Crippen molar-refractivity contribution in [3.05, 3.63) is 59.4 Å². The molecule has 0 fully saturated rings. The Kier molecular flexibility index (Phi) is 6.23. The number of hydrogen-bond donors (Lipinski definition) is 3. The van der Waals surface area contributed by atoms with E-state index < -0.39 is 12.0 Å². The standard InChI is InChI=1S/C19H17ClN4O4/c20-14-4-1-2-5-15(14)22-19(27)21-13-10-8-12(9-11-13)18-23-16(28-24-18)6-3-7-17(25)26/h1-2,4-5,8-11H,3,6-7H2,(H,25,26)(H2,21,22,27). The number of halogens is 1. The predicted octanol–water partition coefficient (Wildman–Crippen LogP) is 4.44. The molecule has 0 aliphatic carbocycles. The number of aromatic nitrogens is 2. The monoisotopic (exact) mass is 400 g/mol. The van der Waals surface area contributed by atoms with Crippen molar-refractivity contribution < 1.29 is 19.2 Å². The second kappa shape index (κ2) is 9.01. The van der Waals surface area contributed by atoms with Crippen LogP contribution in [0.4, 0.5) is 16.2 Å². The number of carbonyl (C=O) groups is 2. The SMILES string of the molecule is O=C(O)CCCc1nc(-c2ccc(NC(=O)Nc3ccccc3Cl)cc2)no1. The van der Waals surface area contributed by atoms with E-state index in [1.807, 2.05) is 0 Å². The van der Waals surface area contributed by atoms with E-state index in [0.717, 1.165) is 0 Å². The fraction of sp³-hybridized carbons (Fsp3) is 0.158. The normalized spacial score (nSPS) is 10.5. The fourth-order valence-corrected chi connectivity index (χ4v) is 2.60. The summed E-state index contributed by atoms with van der Waals surface area (Å²) in [7, 11) is 0. The number of anilines is 2. The lowest BCUT2D eigenvalue weighted by Gasteiger charge is -2.09. The molecule has 0 unspecified atom stereocenters. The average molecular weight is 401 g/mol. The second-order valence-electron chi connectivity index (χ2n) is 5.90. The molecule has 3 rings (SSSR count). The third-order valence-electron chi connectivity index (χ3n) is 3.77. The molecule has 1 aromatic heterocycles. The van der Waals surface area contributed by atoms with Crippen molar-refractivity contribution >= 4 is 35.0 Å².